The standard InChI is InChI=1S/C25H25NO4/c1-16-14-17(2)26-25(28)20(16)10-11-22(27)18-8-9-21-23(12-13-29-24(21)15-18)30-19-6-4-3-5-7-19/h3-9,14-15,23H,10-13H2,1-2H3,(H,26,28). The van der Waals surface area contributed by atoms with Crippen molar-refractivity contribution in [2.24, 2.45) is 0 Å². The zero-order valence-corrected chi connectivity index (χ0v) is 17.2. The van der Waals surface area contributed by atoms with E-state index in [0.29, 0.717) is 29.9 Å². The van der Waals surface area contributed by atoms with Crippen LogP contribution in [0, 0.1) is 13.8 Å². The van der Waals surface area contributed by atoms with E-state index in [1.807, 2.05) is 62.4 Å². The van der Waals surface area contributed by atoms with E-state index in [-0.39, 0.29) is 23.9 Å². The number of carbonyl (C=O) groups is 1. The van der Waals surface area contributed by atoms with E-state index in [4.69, 9.17) is 9.47 Å². The molecule has 0 saturated heterocycles. The van der Waals surface area contributed by atoms with Crippen molar-refractivity contribution in [1.82, 2.24) is 4.98 Å². The van der Waals surface area contributed by atoms with Gasteiger partial charge in [-0.1, -0.05) is 30.3 Å². The molecule has 0 spiro atoms. The minimum Gasteiger partial charge on any atom is -0.493 e. The first kappa shape index (κ1) is 20.0. The van der Waals surface area contributed by atoms with Gasteiger partial charge in [-0.3, -0.25) is 9.59 Å². The molecule has 0 aliphatic carbocycles. The van der Waals surface area contributed by atoms with Gasteiger partial charge >= 0.3 is 0 Å². The summed E-state index contributed by atoms with van der Waals surface area (Å²) in [5, 5.41) is 0. The number of aryl methyl sites for hydroxylation is 2. The molecular weight excluding hydrogens is 378 g/mol. The van der Waals surface area contributed by atoms with Crippen LogP contribution in [-0.4, -0.2) is 17.4 Å². The molecule has 2 aromatic carbocycles. The lowest BCUT2D eigenvalue weighted by Crippen LogP contribution is -2.19. The summed E-state index contributed by atoms with van der Waals surface area (Å²) in [5.41, 5.74) is 3.84. The van der Waals surface area contributed by atoms with Gasteiger partial charge < -0.3 is 14.5 Å². The van der Waals surface area contributed by atoms with Crippen LogP contribution in [0.15, 0.2) is 59.4 Å². The van der Waals surface area contributed by atoms with Crippen molar-refractivity contribution in [2.45, 2.75) is 39.2 Å². The van der Waals surface area contributed by atoms with Crippen LogP contribution in [-0.2, 0) is 6.42 Å². The first-order valence-electron chi connectivity index (χ1n) is 10.2. The highest BCUT2D eigenvalue weighted by molar-refractivity contribution is 5.96. The zero-order valence-electron chi connectivity index (χ0n) is 17.2. The molecule has 154 valence electrons. The number of aromatic amines is 1. The van der Waals surface area contributed by atoms with Crippen molar-refractivity contribution in [3.63, 3.8) is 0 Å². The second kappa shape index (κ2) is 8.57. The highest BCUT2D eigenvalue weighted by Crippen LogP contribution is 2.36. The molecular formula is C25H25NO4. The lowest BCUT2D eigenvalue weighted by Gasteiger charge is -2.27. The Kier molecular flexibility index (Phi) is 5.70. The van der Waals surface area contributed by atoms with Crippen molar-refractivity contribution in [2.75, 3.05) is 6.61 Å². The number of benzene rings is 2. The molecule has 4 rings (SSSR count). The fourth-order valence-electron chi connectivity index (χ4n) is 3.89. The van der Waals surface area contributed by atoms with Crippen molar-refractivity contribution in [3.8, 4) is 11.5 Å². The van der Waals surface area contributed by atoms with Gasteiger partial charge in [0.1, 0.15) is 17.6 Å². The quantitative estimate of drug-likeness (QED) is 0.605. The van der Waals surface area contributed by atoms with Crippen LogP contribution >= 0.6 is 0 Å². The smallest absolute Gasteiger partial charge is 0.251 e. The van der Waals surface area contributed by atoms with Crippen LogP contribution in [0.1, 0.15) is 51.7 Å². The van der Waals surface area contributed by atoms with Gasteiger partial charge in [0.2, 0.25) is 0 Å². The van der Waals surface area contributed by atoms with Gasteiger partial charge in [-0.25, -0.2) is 0 Å². The monoisotopic (exact) mass is 403 g/mol. The number of H-pyrrole nitrogens is 1. The van der Waals surface area contributed by atoms with Gasteiger partial charge in [-0.05, 0) is 50.1 Å². The molecule has 1 unspecified atom stereocenters. The third-order valence-electron chi connectivity index (χ3n) is 5.44. The maximum Gasteiger partial charge on any atom is 0.251 e. The number of ketones is 1. The van der Waals surface area contributed by atoms with Crippen LogP contribution in [0.5, 0.6) is 11.5 Å². The Balaban J connectivity index is 1.48. The number of para-hydroxylation sites is 1. The first-order valence-corrected chi connectivity index (χ1v) is 10.2. The third kappa shape index (κ3) is 4.30. The maximum atomic E-state index is 12.8. The van der Waals surface area contributed by atoms with Crippen molar-refractivity contribution >= 4 is 5.78 Å². The minimum atomic E-state index is -0.116. The molecule has 3 aromatic rings. The van der Waals surface area contributed by atoms with Crippen molar-refractivity contribution < 1.29 is 14.3 Å². The van der Waals surface area contributed by atoms with E-state index in [1.54, 1.807) is 6.07 Å². The van der Waals surface area contributed by atoms with Gasteiger partial charge in [0.15, 0.2) is 5.78 Å². The number of aromatic nitrogens is 1. The summed E-state index contributed by atoms with van der Waals surface area (Å²) in [5.74, 6) is 1.50. The van der Waals surface area contributed by atoms with Gasteiger partial charge in [-0.2, -0.15) is 0 Å². The number of fused-ring (bicyclic) bond motifs is 1. The fourth-order valence-corrected chi connectivity index (χ4v) is 3.89. The van der Waals surface area contributed by atoms with E-state index < -0.39 is 0 Å². The van der Waals surface area contributed by atoms with Gasteiger partial charge in [-0.15, -0.1) is 0 Å². The lowest BCUT2D eigenvalue weighted by molar-refractivity contribution is 0.0980. The number of hydrogen-bond acceptors (Lipinski definition) is 4. The van der Waals surface area contributed by atoms with Crippen LogP contribution < -0.4 is 15.0 Å². The van der Waals surface area contributed by atoms with Crippen LogP contribution in [0.4, 0.5) is 0 Å². The third-order valence-corrected chi connectivity index (χ3v) is 5.44. The summed E-state index contributed by atoms with van der Waals surface area (Å²) in [6.07, 6.45) is 1.34. The lowest BCUT2D eigenvalue weighted by atomic mass is 9.97. The molecule has 0 bridgehead atoms. The molecule has 30 heavy (non-hydrogen) atoms. The minimum absolute atomic E-state index is 0.00752. The Morgan fingerprint density at radius 1 is 1.13 bits per heavy atom. The molecule has 1 atom stereocenters. The SMILES string of the molecule is Cc1cc(C)c(CCC(=O)c2ccc3c(c2)OCCC3Oc2ccccc2)c(=O)[nH]1. The molecule has 5 heteroatoms. The van der Waals surface area contributed by atoms with Crippen molar-refractivity contribution in [1.29, 1.82) is 0 Å². The van der Waals surface area contributed by atoms with Gasteiger partial charge in [0.25, 0.3) is 5.56 Å². The first-order chi connectivity index (χ1) is 14.5. The molecule has 1 N–H and O–H groups in total. The second-order valence-corrected chi connectivity index (χ2v) is 7.68. The predicted octanol–water partition coefficient (Wildman–Crippen LogP) is 4.71. The molecule has 1 aromatic heterocycles. The number of hydrogen-bond donors (Lipinski definition) is 1. The summed E-state index contributed by atoms with van der Waals surface area (Å²) >= 11 is 0. The number of carbonyl (C=O) groups excluding carboxylic acids is 1. The average Bonchev–Trinajstić information content (AvgIpc) is 2.73. The summed E-state index contributed by atoms with van der Waals surface area (Å²) in [7, 11) is 0. The number of ether oxygens (including phenoxy) is 2. The van der Waals surface area contributed by atoms with E-state index in [9.17, 15) is 9.59 Å². The van der Waals surface area contributed by atoms with Gasteiger partial charge in [0.05, 0.1) is 6.61 Å². The zero-order chi connectivity index (χ0) is 21.1. The molecule has 1 aliphatic heterocycles. The summed E-state index contributed by atoms with van der Waals surface area (Å²) in [6, 6.07) is 17.2. The van der Waals surface area contributed by atoms with Crippen LogP contribution in [0.25, 0.3) is 0 Å². The number of pyridine rings is 1. The molecule has 5 nitrogen and oxygen atoms in total. The second-order valence-electron chi connectivity index (χ2n) is 7.68. The Morgan fingerprint density at radius 3 is 2.70 bits per heavy atom. The highest BCUT2D eigenvalue weighted by atomic mass is 16.5. The Bertz CT molecular complexity index is 1120. The summed E-state index contributed by atoms with van der Waals surface area (Å²) in [4.78, 5) is 27.8. The largest absolute Gasteiger partial charge is 0.493 e. The highest BCUT2D eigenvalue weighted by Gasteiger charge is 2.24. The molecule has 0 saturated carbocycles. The van der Waals surface area contributed by atoms with E-state index >= 15 is 0 Å². The number of rotatable bonds is 6. The summed E-state index contributed by atoms with van der Waals surface area (Å²) in [6.45, 7) is 4.30. The van der Waals surface area contributed by atoms with E-state index in [0.717, 1.165) is 29.0 Å². The van der Waals surface area contributed by atoms with Crippen LogP contribution in [0.2, 0.25) is 0 Å². The Hall–Kier alpha value is -3.34. The molecule has 2 heterocycles. The average molecular weight is 403 g/mol. The van der Waals surface area contributed by atoms with Crippen molar-refractivity contribution in [3.05, 3.63) is 92.9 Å². The summed E-state index contributed by atoms with van der Waals surface area (Å²) < 4.78 is 11.9. The Labute approximate surface area is 175 Å². The number of Topliss-reactive ketones (excluding diaryl/α,β-unsaturated/α-hetero) is 1. The predicted molar refractivity (Wildman–Crippen MR) is 116 cm³/mol. The topological polar surface area (TPSA) is 68.4 Å². The Morgan fingerprint density at radius 2 is 1.93 bits per heavy atom. The van der Waals surface area contributed by atoms with E-state index in [2.05, 4.69) is 4.98 Å². The normalized spacial score (nSPS) is 15.2. The fraction of sp³-hybridized carbons (Fsp3) is 0.280. The molecule has 0 radical (unpaired) electrons. The molecule has 0 fully saturated rings. The van der Waals surface area contributed by atoms with Crippen LogP contribution in [0.3, 0.4) is 0 Å². The maximum absolute atomic E-state index is 12.8. The van der Waals surface area contributed by atoms with Gasteiger partial charge in [0, 0.05) is 35.2 Å². The molecule has 1 aliphatic rings. The number of nitrogens with one attached hydrogen (secondary N) is 1. The van der Waals surface area contributed by atoms with E-state index in [1.165, 1.54) is 0 Å². The molecule has 0 amide bonds.